The number of nitrogens with zero attached hydrogens (tertiary/aromatic N) is 3. The normalized spacial score (nSPS) is 15.8. The van der Waals surface area contributed by atoms with Gasteiger partial charge in [-0.25, -0.2) is 0 Å². The summed E-state index contributed by atoms with van der Waals surface area (Å²) in [4.78, 5) is 35.1. The molecule has 8 nitrogen and oxygen atoms in total. The van der Waals surface area contributed by atoms with E-state index in [0.717, 1.165) is 0 Å². The van der Waals surface area contributed by atoms with Crippen molar-refractivity contribution in [3.05, 3.63) is 28.1 Å². The van der Waals surface area contributed by atoms with Crippen molar-refractivity contribution < 1.29 is 14.5 Å². The molecule has 1 aromatic rings. The monoisotopic (exact) mass is 266 g/mol. The number of nitrogens with one attached hydrogen (secondary N) is 1. The number of nitro groups is 1. The lowest BCUT2D eigenvalue weighted by atomic mass is 10.3. The second kappa shape index (κ2) is 5.09. The highest BCUT2D eigenvalue weighted by atomic mass is 16.6. The highest BCUT2D eigenvalue weighted by Gasteiger charge is 2.24. The molecule has 0 spiro atoms. The van der Waals surface area contributed by atoms with Gasteiger partial charge in [-0.3, -0.25) is 19.7 Å². The van der Waals surface area contributed by atoms with Crippen LogP contribution in [0.15, 0.2) is 12.3 Å². The lowest BCUT2D eigenvalue weighted by molar-refractivity contribution is -0.384. The van der Waals surface area contributed by atoms with Crippen LogP contribution in [0, 0.1) is 10.1 Å². The molecular weight excluding hydrogens is 252 g/mol. The van der Waals surface area contributed by atoms with Crippen LogP contribution in [-0.4, -0.2) is 45.8 Å². The van der Waals surface area contributed by atoms with Gasteiger partial charge in [0.25, 0.3) is 11.6 Å². The second-order valence-electron chi connectivity index (χ2n) is 4.34. The number of aryl methyl sites for hydroxylation is 1. The van der Waals surface area contributed by atoms with Crippen molar-refractivity contribution in [3.8, 4) is 0 Å². The summed E-state index contributed by atoms with van der Waals surface area (Å²) < 4.78 is 1.43. The van der Waals surface area contributed by atoms with Crippen LogP contribution in [0.5, 0.6) is 0 Å². The van der Waals surface area contributed by atoms with E-state index in [4.69, 9.17) is 0 Å². The number of carbonyl (C=O) groups is 2. The Balaban J connectivity index is 2.19. The summed E-state index contributed by atoms with van der Waals surface area (Å²) >= 11 is 0. The number of hydrogen-bond acceptors (Lipinski definition) is 4. The highest BCUT2D eigenvalue weighted by Crippen LogP contribution is 2.17. The van der Waals surface area contributed by atoms with Gasteiger partial charge in [0.2, 0.25) is 5.91 Å². The van der Waals surface area contributed by atoms with Crippen LogP contribution in [0.4, 0.5) is 5.69 Å². The molecule has 19 heavy (non-hydrogen) atoms. The standard InChI is InChI=1S/C11H14N4O4/c1-13-7-8(15(18)19)6-9(13)11(17)14-4-2-10(16)12-3-5-14/h6-7H,2-5H2,1H3,(H,12,16). The highest BCUT2D eigenvalue weighted by molar-refractivity contribution is 5.94. The smallest absolute Gasteiger partial charge is 0.287 e. The van der Waals surface area contributed by atoms with E-state index in [1.807, 2.05) is 0 Å². The Labute approximate surface area is 109 Å². The Morgan fingerprint density at radius 2 is 2.21 bits per heavy atom. The van der Waals surface area contributed by atoms with Gasteiger partial charge in [0, 0.05) is 39.2 Å². The van der Waals surface area contributed by atoms with Crippen LogP contribution in [0.2, 0.25) is 0 Å². The second-order valence-corrected chi connectivity index (χ2v) is 4.34. The average Bonchev–Trinajstić information content (AvgIpc) is 2.61. The molecule has 0 bridgehead atoms. The maximum atomic E-state index is 12.3. The third-order valence-corrected chi connectivity index (χ3v) is 3.02. The first-order chi connectivity index (χ1) is 8.99. The molecule has 0 unspecified atom stereocenters. The summed E-state index contributed by atoms with van der Waals surface area (Å²) in [5.74, 6) is -0.389. The number of amides is 2. The zero-order valence-electron chi connectivity index (χ0n) is 10.5. The lowest BCUT2D eigenvalue weighted by Gasteiger charge is -2.19. The van der Waals surface area contributed by atoms with E-state index in [2.05, 4.69) is 5.32 Å². The van der Waals surface area contributed by atoms with Crippen LogP contribution >= 0.6 is 0 Å². The van der Waals surface area contributed by atoms with E-state index in [1.165, 1.54) is 21.7 Å². The molecule has 1 aromatic heterocycles. The fourth-order valence-electron chi connectivity index (χ4n) is 1.99. The number of aromatic nitrogens is 1. The molecule has 102 valence electrons. The molecule has 1 N–H and O–H groups in total. The Bertz CT molecular complexity index is 537. The predicted molar refractivity (Wildman–Crippen MR) is 65.6 cm³/mol. The van der Waals surface area contributed by atoms with Crippen LogP contribution in [0.3, 0.4) is 0 Å². The van der Waals surface area contributed by atoms with Gasteiger partial charge in [-0.2, -0.15) is 0 Å². The minimum Gasteiger partial charge on any atom is -0.354 e. The molecule has 2 heterocycles. The van der Waals surface area contributed by atoms with Crippen LogP contribution < -0.4 is 5.32 Å². The van der Waals surface area contributed by atoms with Crippen molar-refractivity contribution in [3.63, 3.8) is 0 Å². The molecule has 1 aliphatic heterocycles. The molecule has 0 atom stereocenters. The van der Waals surface area contributed by atoms with Gasteiger partial charge in [0.15, 0.2) is 0 Å². The van der Waals surface area contributed by atoms with E-state index in [-0.39, 0.29) is 29.6 Å². The zero-order valence-corrected chi connectivity index (χ0v) is 10.5. The van der Waals surface area contributed by atoms with E-state index >= 15 is 0 Å². The lowest BCUT2D eigenvalue weighted by Crippen LogP contribution is -2.35. The Morgan fingerprint density at radius 3 is 2.84 bits per heavy atom. The average molecular weight is 266 g/mol. The SMILES string of the molecule is Cn1cc([N+](=O)[O-])cc1C(=O)N1CCNC(=O)CC1. The largest absolute Gasteiger partial charge is 0.354 e. The van der Waals surface area contributed by atoms with Crippen molar-refractivity contribution in [2.45, 2.75) is 6.42 Å². The molecule has 0 radical (unpaired) electrons. The molecule has 1 fully saturated rings. The molecular formula is C11H14N4O4. The molecule has 2 rings (SSSR count). The van der Waals surface area contributed by atoms with Crippen LogP contribution in [0.1, 0.15) is 16.9 Å². The van der Waals surface area contributed by atoms with E-state index < -0.39 is 4.92 Å². The molecule has 1 aliphatic rings. The Hall–Kier alpha value is -2.38. The maximum absolute atomic E-state index is 12.3. The molecule has 2 amide bonds. The van der Waals surface area contributed by atoms with E-state index in [9.17, 15) is 19.7 Å². The van der Waals surface area contributed by atoms with E-state index in [0.29, 0.717) is 19.6 Å². The summed E-state index contributed by atoms with van der Waals surface area (Å²) in [6, 6.07) is 1.25. The Kier molecular flexibility index (Phi) is 3.50. The zero-order chi connectivity index (χ0) is 14.0. The van der Waals surface area contributed by atoms with Crippen LogP contribution in [-0.2, 0) is 11.8 Å². The maximum Gasteiger partial charge on any atom is 0.287 e. The number of carbonyl (C=O) groups excluding carboxylic acids is 2. The van der Waals surface area contributed by atoms with Gasteiger partial charge in [0.05, 0.1) is 11.1 Å². The van der Waals surface area contributed by atoms with Gasteiger partial charge >= 0.3 is 0 Å². The summed E-state index contributed by atoms with van der Waals surface area (Å²) in [5.41, 5.74) is 0.135. The summed E-state index contributed by atoms with van der Waals surface area (Å²) in [6.45, 7) is 1.13. The van der Waals surface area contributed by atoms with Crippen molar-refractivity contribution in [1.82, 2.24) is 14.8 Å². The Morgan fingerprint density at radius 1 is 1.47 bits per heavy atom. The third kappa shape index (κ3) is 2.72. The minimum atomic E-state index is -0.537. The van der Waals surface area contributed by atoms with Crippen molar-refractivity contribution in [1.29, 1.82) is 0 Å². The summed E-state index contributed by atoms with van der Waals surface area (Å²) in [7, 11) is 1.58. The van der Waals surface area contributed by atoms with Gasteiger partial charge in [-0.05, 0) is 0 Å². The first-order valence-corrected chi connectivity index (χ1v) is 5.86. The predicted octanol–water partition coefficient (Wildman–Crippen LogP) is -0.105. The van der Waals surface area contributed by atoms with Crippen molar-refractivity contribution in [2.24, 2.45) is 7.05 Å². The van der Waals surface area contributed by atoms with E-state index in [1.54, 1.807) is 7.05 Å². The number of rotatable bonds is 2. The molecule has 0 aromatic carbocycles. The van der Waals surface area contributed by atoms with Gasteiger partial charge in [-0.1, -0.05) is 0 Å². The topological polar surface area (TPSA) is 97.5 Å². The minimum absolute atomic E-state index is 0.0897. The van der Waals surface area contributed by atoms with Gasteiger partial charge in [0.1, 0.15) is 5.69 Å². The third-order valence-electron chi connectivity index (χ3n) is 3.02. The van der Waals surface area contributed by atoms with Crippen molar-refractivity contribution in [2.75, 3.05) is 19.6 Å². The first-order valence-electron chi connectivity index (χ1n) is 5.86. The molecule has 8 heteroatoms. The van der Waals surface area contributed by atoms with Crippen LogP contribution in [0.25, 0.3) is 0 Å². The summed E-state index contributed by atoms with van der Waals surface area (Å²) in [5, 5.41) is 13.3. The summed E-state index contributed by atoms with van der Waals surface area (Å²) in [6.07, 6.45) is 1.55. The van der Waals surface area contributed by atoms with Gasteiger partial charge < -0.3 is 14.8 Å². The quantitative estimate of drug-likeness (QED) is 0.596. The van der Waals surface area contributed by atoms with Gasteiger partial charge in [-0.15, -0.1) is 0 Å². The van der Waals surface area contributed by atoms with Crippen molar-refractivity contribution >= 4 is 17.5 Å². The first kappa shape index (κ1) is 13.1. The fraction of sp³-hybridized carbons (Fsp3) is 0.455. The molecule has 1 saturated heterocycles. The fourth-order valence-corrected chi connectivity index (χ4v) is 1.99. The number of hydrogen-bond donors (Lipinski definition) is 1. The molecule has 0 saturated carbocycles. The molecule has 0 aliphatic carbocycles.